The van der Waals surface area contributed by atoms with Crippen LogP contribution in [0.3, 0.4) is 0 Å². The molecule has 3 aliphatic rings. The van der Waals surface area contributed by atoms with Crippen LogP contribution in [0, 0.1) is 11.8 Å². The van der Waals surface area contributed by atoms with E-state index >= 15 is 0 Å². The van der Waals surface area contributed by atoms with Gasteiger partial charge < -0.3 is 4.74 Å². The number of halogens is 6. The molecule has 220 valence electrons. The molecule has 3 fully saturated rings. The van der Waals surface area contributed by atoms with Crippen LogP contribution in [0.25, 0.3) is 10.9 Å². The Kier molecular flexibility index (Phi) is 7.58. The molecule has 0 aliphatic carbocycles. The number of alkyl halides is 6. The van der Waals surface area contributed by atoms with Crippen molar-refractivity contribution in [2.24, 2.45) is 11.8 Å². The molecule has 13 heteroatoms. The lowest BCUT2D eigenvalue weighted by Crippen LogP contribution is -2.57. The van der Waals surface area contributed by atoms with Gasteiger partial charge in [0.25, 0.3) is 0 Å². The van der Waals surface area contributed by atoms with Crippen LogP contribution < -0.4 is 9.46 Å². The Balaban J connectivity index is 1.65. The van der Waals surface area contributed by atoms with E-state index < -0.39 is 50.5 Å². The molecule has 0 radical (unpaired) electrons. The Morgan fingerprint density at radius 1 is 1.07 bits per heavy atom. The molecule has 5 atom stereocenters. The second kappa shape index (κ2) is 10.6. The maximum Gasteiger partial charge on any atom is 0.416 e. The van der Waals surface area contributed by atoms with E-state index in [9.17, 15) is 34.8 Å². The SMILES string of the molecule is C=CC1C[N@@]2CCC1C[C@H]2C(NS(=O)(=O)c1cc(C(F)(F)F)cc(C(F)(F)F)c1)c1ccnc2ccc(OC)cc12. The molecule has 41 heavy (non-hydrogen) atoms. The lowest BCUT2D eigenvalue weighted by molar-refractivity contribution is -0.143. The summed E-state index contributed by atoms with van der Waals surface area (Å²) < 4.78 is 116. The minimum Gasteiger partial charge on any atom is -0.497 e. The van der Waals surface area contributed by atoms with Crippen molar-refractivity contribution in [3.05, 3.63) is 78.0 Å². The maximum absolute atomic E-state index is 13.7. The average molecular weight is 600 g/mol. The summed E-state index contributed by atoms with van der Waals surface area (Å²) in [4.78, 5) is 5.31. The van der Waals surface area contributed by atoms with Crippen molar-refractivity contribution >= 4 is 20.9 Å². The number of sulfonamides is 1. The predicted molar refractivity (Wildman–Crippen MR) is 140 cm³/mol. The molecule has 0 saturated carbocycles. The topological polar surface area (TPSA) is 71.5 Å². The minimum atomic E-state index is -5.20. The standard InChI is InChI=1S/C28H27F6N3O3S/c1-3-16-15-37-9-7-17(16)10-25(37)26(22-6-8-35-24-5-4-20(40-2)14-23(22)24)36-41(38,39)21-12-18(27(29,30)31)11-19(13-21)28(32,33)34/h3-6,8,11-14,16-17,25-26,36H,1,7,9-10,15H2,2H3/t16?,17?,25-,26?/m0/s1. The van der Waals surface area contributed by atoms with E-state index in [1.165, 1.54) is 13.3 Å². The van der Waals surface area contributed by atoms with Gasteiger partial charge in [-0.1, -0.05) is 6.08 Å². The molecule has 4 heterocycles. The molecule has 0 amide bonds. The Labute approximate surface area is 233 Å². The summed E-state index contributed by atoms with van der Waals surface area (Å²) in [7, 11) is -3.43. The summed E-state index contributed by atoms with van der Waals surface area (Å²) >= 11 is 0. The summed E-state index contributed by atoms with van der Waals surface area (Å²) in [5, 5.41) is 0.544. The van der Waals surface area contributed by atoms with Gasteiger partial charge in [0.05, 0.1) is 34.7 Å². The van der Waals surface area contributed by atoms with Crippen LogP contribution in [0.1, 0.15) is 35.6 Å². The number of fused-ring (bicyclic) bond motifs is 4. The first kappa shape index (κ1) is 29.3. The summed E-state index contributed by atoms with van der Waals surface area (Å²) in [6.45, 7) is 5.16. The van der Waals surface area contributed by atoms with Crippen molar-refractivity contribution in [2.45, 2.75) is 42.2 Å². The maximum atomic E-state index is 13.7. The van der Waals surface area contributed by atoms with E-state index in [4.69, 9.17) is 4.74 Å². The fourth-order valence-corrected chi connectivity index (χ4v) is 7.25. The smallest absolute Gasteiger partial charge is 0.416 e. The van der Waals surface area contributed by atoms with E-state index in [1.54, 1.807) is 24.3 Å². The van der Waals surface area contributed by atoms with Crippen molar-refractivity contribution in [3.63, 3.8) is 0 Å². The molecule has 6 rings (SSSR count). The lowest BCUT2D eigenvalue weighted by Gasteiger charge is -2.51. The number of nitrogens with zero attached hydrogens (tertiary/aromatic N) is 2. The van der Waals surface area contributed by atoms with Gasteiger partial charge in [0, 0.05) is 24.2 Å². The number of aromatic nitrogens is 1. The van der Waals surface area contributed by atoms with E-state index in [2.05, 4.69) is 21.2 Å². The quantitative estimate of drug-likeness (QED) is 0.259. The molecule has 3 aliphatic heterocycles. The molecular formula is C28H27F6N3O3S. The zero-order valence-corrected chi connectivity index (χ0v) is 22.7. The van der Waals surface area contributed by atoms with Crippen LogP contribution >= 0.6 is 0 Å². The Morgan fingerprint density at radius 2 is 1.76 bits per heavy atom. The number of rotatable bonds is 7. The number of pyridine rings is 1. The third kappa shape index (κ3) is 5.80. The highest BCUT2D eigenvalue weighted by Gasteiger charge is 2.45. The Hall–Kier alpha value is -3.16. The number of ether oxygens (including phenoxy) is 1. The van der Waals surface area contributed by atoms with E-state index in [0.29, 0.717) is 41.7 Å². The summed E-state index contributed by atoms with van der Waals surface area (Å²) in [6.07, 6.45) is -5.64. The second-order valence-corrected chi connectivity index (χ2v) is 12.1. The molecule has 2 bridgehead atoms. The highest BCUT2D eigenvalue weighted by molar-refractivity contribution is 7.89. The van der Waals surface area contributed by atoms with Crippen LogP contribution in [-0.2, 0) is 22.4 Å². The van der Waals surface area contributed by atoms with Gasteiger partial charge in [0.1, 0.15) is 5.75 Å². The average Bonchev–Trinajstić information content (AvgIpc) is 2.94. The Bertz CT molecular complexity index is 1540. The van der Waals surface area contributed by atoms with Crippen molar-refractivity contribution in [3.8, 4) is 5.75 Å². The monoisotopic (exact) mass is 599 g/mol. The number of methoxy groups -OCH3 is 1. The number of piperidine rings is 3. The van der Waals surface area contributed by atoms with Gasteiger partial charge in [-0.05, 0) is 79.3 Å². The van der Waals surface area contributed by atoms with Gasteiger partial charge in [-0.15, -0.1) is 6.58 Å². The van der Waals surface area contributed by atoms with Crippen LogP contribution in [-0.4, -0.2) is 44.5 Å². The highest BCUT2D eigenvalue weighted by atomic mass is 32.2. The molecule has 3 saturated heterocycles. The fourth-order valence-electron chi connectivity index (χ4n) is 5.93. The van der Waals surface area contributed by atoms with Gasteiger partial charge >= 0.3 is 12.4 Å². The molecule has 0 spiro atoms. The summed E-state index contributed by atoms with van der Waals surface area (Å²) in [5.74, 6) is 0.852. The normalized spacial score (nSPS) is 23.9. The molecule has 6 nitrogen and oxygen atoms in total. The number of hydrogen-bond acceptors (Lipinski definition) is 5. The van der Waals surface area contributed by atoms with Crippen molar-refractivity contribution < 1.29 is 39.5 Å². The van der Waals surface area contributed by atoms with Gasteiger partial charge in [0.2, 0.25) is 10.0 Å². The third-order valence-corrected chi connectivity index (χ3v) is 9.43. The zero-order valence-electron chi connectivity index (χ0n) is 21.8. The molecule has 1 aromatic heterocycles. The number of benzene rings is 2. The molecule has 3 unspecified atom stereocenters. The number of hydrogen-bond donors (Lipinski definition) is 1. The largest absolute Gasteiger partial charge is 0.497 e. The molecule has 1 N–H and O–H groups in total. The van der Waals surface area contributed by atoms with Crippen molar-refractivity contribution in [1.29, 1.82) is 0 Å². The second-order valence-electron chi connectivity index (χ2n) is 10.4. The van der Waals surface area contributed by atoms with Crippen LogP contribution in [0.4, 0.5) is 26.3 Å². The van der Waals surface area contributed by atoms with Crippen LogP contribution in [0.15, 0.2) is 66.2 Å². The Morgan fingerprint density at radius 3 is 2.32 bits per heavy atom. The van der Waals surface area contributed by atoms with Gasteiger partial charge in [-0.3, -0.25) is 9.88 Å². The first-order chi connectivity index (χ1) is 19.2. The first-order valence-electron chi connectivity index (χ1n) is 12.8. The molecular weight excluding hydrogens is 572 g/mol. The third-order valence-electron chi connectivity index (χ3n) is 8.01. The van der Waals surface area contributed by atoms with Crippen molar-refractivity contribution in [1.82, 2.24) is 14.6 Å². The van der Waals surface area contributed by atoms with Gasteiger partial charge in [-0.25, -0.2) is 13.1 Å². The van der Waals surface area contributed by atoms with Crippen LogP contribution in [0.5, 0.6) is 5.75 Å². The zero-order chi connectivity index (χ0) is 29.7. The molecule has 2 aromatic carbocycles. The first-order valence-corrected chi connectivity index (χ1v) is 14.3. The highest BCUT2D eigenvalue weighted by Crippen LogP contribution is 2.43. The number of nitrogens with one attached hydrogen (secondary N) is 1. The van der Waals surface area contributed by atoms with Gasteiger partial charge in [0.15, 0.2) is 0 Å². The van der Waals surface area contributed by atoms with Crippen molar-refractivity contribution in [2.75, 3.05) is 20.2 Å². The van der Waals surface area contributed by atoms with Crippen LogP contribution in [0.2, 0.25) is 0 Å². The van der Waals surface area contributed by atoms with E-state index in [0.717, 1.165) is 6.42 Å². The fraction of sp³-hybridized carbons (Fsp3) is 0.393. The molecule has 3 aromatic rings. The predicted octanol–water partition coefficient (Wildman–Crippen LogP) is 6.20. The van der Waals surface area contributed by atoms with Gasteiger partial charge in [-0.2, -0.15) is 26.3 Å². The van der Waals surface area contributed by atoms with E-state index in [-0.39, 0.29) is 30.0 Å². The lowest BCUT2D eigenvalue weighted by atomic mass is 9.73. The summed E-state index contributed by atoms with van der Waals surface area (Å²) in [6, 6.07) is 5.56. The minimum absolute atomic E-state index is 0.0968. The van der Waals surface area contributed by atoms with E-state index in [1.807, 2.05) is 6.08 Å². The summed E-state index contributed by atoms with van der Waals surface area (Å²) in [5.41, 5.74) is -2.42.